The predicted octanol–water partition coefficient (Wildman–Crippen LogP) is 3.04. The van der Waals surface area contributed by atoms with Gasteiger partial charge in [0.15, 0.2) is 0 Å². The van der Waals surface area contributed by atoms with Gasteiger partial charge in [-0.05, 0) is 36.8 Å². The molecule has 1 N–H and O–H groups in total. The molecule has 0 bridgehead atoms. The van der Waals surface area contributed by atoms with Gasteiger partial charge in [-0.25, -0.2) is 12.7 Å². The van der Waals surface area contributed by atoms with Gasteiger partial charge in [-0.15, -0.1) is 0 Å². The summed E-state index contributed by atoms with van der Waals surface area (Å²) in [6, 6.07) is 7.97. The van der Waals surface area contributed by atoms with Crippen LogP contribution < -0.4 is 10.1 Å². The van der Waals surface area contributed by atoms with E-state index in [-0.39, 0.29) is 22.7 Å². The molecule has 1 aliphatic carbocycles. The fraction of sp³-hybridized carbons (Fsp3) is 0.682. The molecule has 2 fully saturated rings. The maximum atomic E-state index is 12.6. The van der Waals surface area contributed by atoms with Crippen molar-refractivity contribution in [2.24, 2.45) is 5.92 Å². The molecule has 2 aliphatic heterocycles. The molecule has 1 aromatic carbocycles. The van der Waals surface area contributed by atoms with Crippen LogP contribution in [0.2, 0.25) is 0 Å². The summed E-state index contributed by atoms with van der Waals surface area (Å²) in [4.78, 5) is 12.5. The standard InChI is InChI=1S/C22H32N2O4S/c1-16(2)15-23-21(25)13-17-14-22(28-20-6-4-3-5-19(17)20)9-11-24(12-10-22)29(26,27)18-7-8-18/h3-6,16-18H,7-15H2,1-2H3,(H,23,25)/t17-/m0/s1. The monoisotopic (exact) mass is 420 g/mol. The van der Waals surface area contributed by atoms with Crippen molar-refractivity contribution in [2.75, 3.05) is 19.6 Å². The lowest BCUT2D eigenvalue weighted by Crippen LogP contribution is -2.52. The largest absolute Gasteiger partial charge is 0.487 e. The molecule has 2 heterocycles. The van der Waals surface area contributed by atoms with Crippen molar-refractivity contribution in [2.45, 2.75) is 69.1 Å². The maximum absolute atomic E-state index is 12.6. The number of ether oxygens (including phenoxy) is 1. The quantitative estimate of drug-likeness (QED) is 0.768. The normalized spacial score (nSPS) is 24.2. The first-order valence-corrected chi connectivity index (χ1v) is 12.3. The van der Waals surface area contributed by atoms with Crippen LogP contribution in [0.3, 0.4) is 0 Å². The highest BCUT2D eigenvalue weighted by molar-refractivity contribution is 7.90. The van der Waals surface area contributed by atoms with Crippen molar-refractivity contribution in [3.8, 4) is 5.75 Å². The lowest BCUT2D eigenvalue weighted by molar-refractivity contribution is -0.122. The van der Waals surface area contributed by atoms with Crippen molar-refractivity contribution in [1.29, 1.82) is 0 Å². The van der Waals surface area contributed by atoms with E-state index in [1.54, 1.807) is 4.31 Å². The first kappa shape index (κ1) is 20.7. The van der Waals surface area contributed by atoms with Crippen molar-refractivity contribution >= 4 is 15.9 Å². The van der Waals surface area contributed by atoms with Gasteiger partial charge >= 0.3 is 0 Å². The number of rotatable bonds is 6. The minimum Gasteiger partial charge on any atom is -0.487 e. The number of benzene rings is 1. The Kier molecular flexibility index (Phi) is 5.64. The fourth-order valence-electron chi connectivity index (χ4n) is 4.57. The number of hydrogen-bond donors (Lipinski definition) is 1. The van der Waals surface area contributed by atoms with Crippen molar-refractivity contribution in [1.82, 2.24) is 9.62 Å². The lowest BCUT2D eigenvalue weighted by atomic mass is 9.76. The SMILES string of the molecule is CC(C)CNC(=O)C[C@H]1CC2(CCN(S(=O)(=O)C3CC3)CC2)Oc2ccccc21. The second kappa shape index (κ2) is 7.91. The molecular weight excluding hydrogens is 388 g/mol. The number of carbonyl (C=O) groups excluding carboxylic acids is 1. The zero-order chi connectivity index (χ0) is 20.6. The van der Waals surface area contributed by atoms with Gasteiger partial charge < -0.3 is 10.1 Å². The summed E-state index contributed by atoms with van der Waals surface area (Å²) in [6.07, 6.45) is 4.15. The number of nitrogens with one attached hydrogen (secondary N) is 1. The van der Waals surface area contributed by atoms with E-state index >= 15 is 0 Å². The van der Waals surface area contributed by atoms with Crippen LogP contribution in [0, 0.1) is 5.92 Å². The molecule has 1 saturated carbocycles. The van der Waals surface area contributed by atoms with E-state index in [0.717, 1.165) is 30.6 Å². The van der Waals surface area contributed by atoms with E-state index in [4.69, 9.17) is 4.74 Å². The molecule has 1 spiro atoms. The number of piperidine rings is 1. The predicted molar refractivity (Wildman–Crippen MR) is 112 cm³/mol. The van der Waals surface area contributed by atoms with Gasteiger partial charge in [0, 0.05) is 44.8 Å². The lowest BCUT2D eigenvalue weighted by Gasteiger charge is -2.46. The van der Waals surface area contributed by atoms with Gasteiger partial charge in [0.2, 0.25) is 15.9 Å². The third kappa shape index (κ3) is 4.45. The molecule has 0 radical (unpaired) electrons. The van der Waals surface area contributed by atoms with Crippen LogP contribution in [0.5, 0.6) is 5.75 Å². The van der Waals surface area contributed by atoms with Crippen LogP contribution in [0.15, 0.2) is 24.3 Å². The summed E-state index contributed by atoms with van der Waals surface area (Å²) in [5, 5.41) is 2.87. The van der Waals surface area contributed by atoms with E-state index in [1.807, 2.05) is 18.2 Å². The number of amides is 1. The van der Waals surface area contributed by atoms with Gasteiger partial charge in [-0.2, -0.15) is 0 Å². The van der Waals surface area contributed by atoms with E-state index in [0.29, 0.717) is 44.8 Å². The van der Waals surface area contributed by atoms with Crippen LogP contribution in [0.1, 0.15) is 63.9 Å². The molecule has 1 amide bonds. The molecule has 0 unspecified atom stereocenters. The fourth-order valence-corrected chi connectivity index (χ4v) is 6.42. The molecule has 6 nitrogen and oxygen atoms in total. The van der Waals surface area contributed by atoms with Crippen LogP contribution in [-0.2, 0) is 14.8 Å². The number of fused-ring (bicyclic) bond motifs is 1. The first-order chi connectivity index (χ1) is 13.8. The van der Waals surface area contributed by atoms with Crippen LogP contribution >= 0.6 is 0 Å². The maximum Gasteiger partial charge on any atom is 0.220 e. The van der Waals surface area contributed by atoms with E-state index in [2.05, 4.69) is 25.2 Å². The summed E-state index contributed by atoms with van der Waals surface area (Å²) in [5.41, 5.74) is 0.707. The Morgan fingerprint density at radius 3 is 2.59 bits per heavy atom. The minimum atomic E-state index is -3.14. The Morgan fingerprint density at radius 2 is 1.93 bits per heavy atom. The Hall–Kier alpha value is -1.60. The Balaban J connectivity index is 1.48. The smallest absolute Gasteiger partial charge is 0.220 e. The van der Waals surface area contributed by atoms with E-state index < -0.39 is 10.0 Å². The van der Waals surface area contributed by atoms with Gasteiger partial charge in [-0.3, -0.25) is 4.79 Å². The summed E-state index contributed by atoms with van der Waals surface area (Å²) in [7, 11) is -3.14. The third-order valence-electron chi connectivity index (χ3n) is 6.38. The molecule has 7 heteroatoms. The van der Waals surface area contributed by atoms with Gasteiger partial charge in [0.05, 0.1) is 5.25 Å². The molecule has 0 aromatic heterocycles. The van der Waals surface area contributed by atoms with E-state index in [9.17, 15) is 13.2 Å². The average Bonchev–Trinajstić information content (AvgIpc) is 3.53. The molecule has 3 aliphatic rings. The molecule has 4 rings (SSSR count). The third-order valence-corrected chi connectivity index (χ3v) is 8.78. The van der Waals surface area contributed by atoms with Crippen molar-refractivity contribution in [3.05, 3.63) is 29.8 Å². The highest BCUT2D eigenvalue weighted by Gasteiger charge is 2.48. The topological polar surface area (TPSA) is 75.7 Å². The second-order valence-corrected chi connectivity index (χ2v) is 11.5. The van der Waals surface area contributed by atoms with Crippen LogP contribution in [0.25, 0.3) is 0 Å². The van der Waals surface area contributed by atoms with Crippen LogP contribution in [-0.4, -0.2) is 49.1 Å². The zero-order valence-electron chi connectivity index (χ0n) is 17.4. The molecule has 1 saturated heterocycles. The number of carbonyl (C=O) groups is 1. The summed E-state index contributed by atoms with van der Waals surface area (Å²) in [5.74, 6) is 1.44. The van der Waals surface area contributed by atoms with Crippen LogP contribution in [0.4, 0.5) is 0 Å². The number of hydrogen-bond acceptors (Lipinski definition) is 4. The average molecular weight is 421 g/mol. The van der Waals surface area contributed by atoms with Gasteiger partial charge in [0.1, 0.15) is 11.4 Å². The number of para-hydroxylation sites is 1. The van der Waals surface area contributed by atoms with Crippen molar-refractivity contribution in [3.63, 3.8) is 0 Å². The Labute approximate surface area is 174 Å². The van der Waals surface area contributed by atoms with Crippen molar-refractivity contribution < 1.29 is 17.9 Å². The van der Waals surface area contributed by atoms with Gasteiger partial charge in [-0.1, -0.05) is 32.0 Å². The first-order valence-electron chi connectivity index (χ1n) is 10.8. The summed E-state index contributed by atoms with van der Waals surface area (Å²) < 4.78 is 33.3. The Bertz CT molecular complexity index is 855. The highest BCUT2D eigenvalue weighted by Crippen LogP contribution is 2.47. The molecule has 29 heavy (non-hydrogen) atoms. The minimum absolute atomic E-state index is 0.0734. The molecule has 160 valence electrons. The summed E-state index contributed by atoms with van der Waals surface area (Å²) >= 11 is 0. The zero-order valence-corrected chi connectivity index (χ0v) is 18.2. The molecular formula is C22H32N2O4S. The van der Waals surface area contributed by atoms with Gasteiger partial charge in [0.25, 0.3) is 0 Å². The second-order valence-electron chi connectivity index (χ2n) is 9.27. The number of nitrogens with zero attached hydrogens (tertiary/aromatic N) is 1. The summed E-state index contributed by atoms with van der Waals surface area (Å²) in [6.45, 7) is 5.87. The molecule has 1 aromatic rings. The highest BCUT2D eigenvalue weighted by atomic mass is 32.2. The van der Waals surface area contributed by atoms with E-state index in [1.165, 1.54) is 0 Å². The number of sulfonamides is 1. The molecule has 1 atom stereocenters. The Morgan fingerprint density at radius 1 is 1.24 bits per heavy atom.